The summed E-state index contributed by atoms with van der Waals surface area (Å²) >= 11 is 0. The van der Waals surface area contributed by atoms with Crippen LogP contribution in [0.4, 0.5) is 10.1 Å². The summed E-state index contributed by atoms with van der Waals surface area (Å²) in [6, 6.07) is 17.3. The Hall–Kier alpha value is -3.61. The summed E-state index contributed by atoms with van der Waals surface area (Å²) in [5, 5.41) is 9.26. The minimum atomic E-state index is -0.286. The van der Waals surface area contributed by atoms with Crippen molar-refractivity contribution < 1.29 is 13.6 Å². The monoisotopic (exact) mass is 394 g/mol. The second-order valence-electron chi connectivity index (χ2n) is 6.36. The summed E-state index contributed by atoms with van der Waals surface area (Å²) in [7, 11) is 1.71. The van der Waals surface area contributed by atoms with Gasteiger partial charge >= 0.3 is 0 Å². The van der Waals surface area contributed by atoms with Crippen LogP contribution in [0.25, 0.3) is 0 Å². The van der Waals surface area contributed by atoms with Crippen LogP contribution < -0.4 is 16.0 Å². The number of hydrogen-bond acceptors (Lipinski definition) is 3. The van der Waals surface area contributed by atoms with Crippen molar-refractivity contribution in [2.45, 2.75) is 13.0 Å². The molecule has 1 amide bonds. The molecular formula is C22H23FN4O2. The minimum Gasteiger partial charge on any atom is -0.459 e. The first-order chi connectivity index (χ1) is 14.1. The number of hydrogen-bond donors (Lipinski definition) is 3. The van der Waals surface area contributed by atoms with E-state index in [1.807, 2.05) is 24.3 Å². The number of carbonyl (C=O) groups excluding carboxylic acids is 1. The second-order valence-corrected chi connectivity index (χ2v) is 6.36. The van der Waals surface area contributed by atoms with Crippen LogP contribution in [-0.4, -0.2) is 25.5 Å². The molecule has 0 atom stereocenters. The molecule has 0 saturated heterocycles. The lowest BCUT2D eigenvalue weighted by atomic mass is 10.1. The fourth-order valence-corrected chi connectivity index (χ4v) is 2.69. The Bertz CT molecular complexity index is 936. The molecule has 3 N–H and O–H groups in total. The molecule has 0 aliphatic carbocycles. The number of nitrogens with zero attached hydrogens (tertiary/aromatic N) is 1. The zero-order valence-electron chi connectivity index (χ0n) is 16.1. The third-order valence-corrected chi connectivity index (χ3v) is 4.26. The number of guanidine groups is 1. The number of rotatable bonds is 7. The lowest BCUT2D eigenvalue weighted by Crippen LogP contribution is -2.37. The maximum Gasteiger partial charge on any atom is 0.291 e. The summed E-state index contributed by atoms with van der Waals surface area (Å²) < 4.78 is 18.0. The Morgan fingerprint density at radius 1 is 1.00 bits per heavy atom. The van der Waals surface area contributed by atoms with Crippen LogP contribution in [-0.2, 0) is 13.0 Å². The summed E-state index contributed by atoms with van der Waals surface area (Å²) in [6.07, 6.45) is 2.23. The summed E-state index contributed by atoms with van der Waals surface area (Å²) in [6.45, 7) is 1.27. The number of halogens is 1. The third-order valence-electron chi connectivity index (χ3n) is 4.26. The van der Waals surface area contributed by atoms with Crippen molar-refractivity contribution in [3.05, 3.63) is 89.6 Å². The van der Waals surface area contributed by atoms with Gasteiger partial charge in [-0.2, -0.15) is 0 Å². The van der Waals surface area contributed by atoms with Gasteiger partial charge in [0, 0.05) is 25.8 Å². The average molecular weight is 394 g/mol. The van der Waals surface area contributed by atoms with Crippen LogP contribution >= 0.6 is 0 Å². The van der Waals surface area contributed by atoms with Gasteiger partial charge in [0.25, 0.3) is 5.91 Å². The smallest absolute Gasteiger partial charge is 0.291 e. The van der Waals surface area contributed by atoms with E-state index in [0.717, 1.165) is 17.5 Å². The topological polar surface area (TPSA) is 78.7 Å². The molecular weight excluding hydrogens is 371 g/mol. The van der Waals surface area contributed by atoms with Crippen molar-refractivity contribution in [2.24, 2.45) is 4.99 Å². The Labute approximate surface area is 168 Å². The third kappa shape index (κ3) is 6.21. The summed E-state index contributed by atoms with van der Waals surface area (Å²) in [5.41, 5.74) is 2.79. The van der Waals surface area contributed by atoms with E-state index in [1.165, 1.54) is 18.4 Å². The lowest BCUT2D eigenvalue weighted by molar-refractivity contribution is 0.0996. The van der Waals surface area contributed by atoms with E-state index in [9.17, 15) is 9.18 Å². The summed E-state index contributed by atoms with van der Waals surface area (Å²) in [4.78, 5) is 16.2. The van der Waals surface area contributed by atoms with Crippen LogP contribution in [0.2, 0.25) is 0 Å². The SMILES string of the molecule is CN=C(NCCc1ccc(F)cc1)NCc1ccc(NC(=O)c2ccco2)cc1. The first-order valence-corrected chi connectivity index (χ1v) is 9.27. The highest BCUT2D eigenvalue weighted by Crippen LogP contribution is 2.12. The molecule has 1 heterocycles. The van der Waals surface area contributed by atoms with Crippen LogP contribution in [0, 0.1) is 5.82 Å². The Kier molecular flexibility index (Phi) is 7.00. The van der Waals surface area contributed by atoms with Crippen molar-refractivity contribution >= 4 is 17.6 Å². The van der Waals surface area contributed by atoms with E-state index in [0.29, 0.717) is 24.7 Å². The van der Waals surface area contributed by atoms with Gasteiger partial charge in [0.2, 0.25) is 0 Å². The molecule has 0 saturated carbocycles. The number of anilines is 1. The van der Waals surface area contributed by atoms with Crippen molar-refractivity contribution in [1.82, 2.24) is 10.6 Å². The van der Waals surface area contributed by atoms with Gasteiger partial charge in [-0.15, -0.1) is 0 Å². The number of amides is 1. The van der Waals surface area contributed by atoms with E-state index < -0.39 is 0 Å². The quantitative estimate of drug-likeness (QED) is 0.423. The van der Waals surface area contributed by atoms with Crippen molar-refractivity contribution in [2.75, 3.05) is 18.9 Å². The zero-order valence-corrected chi connectivity index (χ0v) is 16.1. The zero-order chi connectivity index (χ0) is 20.5. The van der Waals surface area contributed by atoms with Gasteiger partial charge in [0.05, 0.1) is 6.26 Å². The number of benzene rings is 2. The van der Waals surface area contributed by atoms with Gasteiger partial charge in [-0.3, -0.25) is 9.79 Å². The number of furan rings is 1. The van der Waals surface area contributed by atoms with Gasteiger partial charge in [-0.05, 0) is 53.9 Å². The number of carbonyl (C=O) groups is 1. The van der Waals surface area contributed by atoms with E-state index >= 15 is 0 Å². The first-order valence-electron chi connectivity index (χ1n) is 9.27. The van der Waals surface area contributed by atoms with Gasteiger partial charge in [0.1, 0.15) is 5.82 Å². The molecule has 0 spiro atoms. The molecule has 7 heteroatoms. The van der Waals surface area contributed by atoms with Gasteiger partial charge in [-0.25, -0.2) is 4.39 Å². The van der Waals surface area contributed by atoms with Crippen molar-refractivity contribution in [1.29, 1.82) is 0 Å². The van der Waals surface area contributed by atoms with Crippen molar-refractivity contribution in [3.8, 4) is 0 Å². The molecule has 6 nitrogen and oxygen atoms in total. The number of nitrogens with one attached hydrogen (secondary N) is 3. The van der Waals surface area contributed by atoms with E-state index in [4.69, 9.17) is 4.42 Å². The molecule has 3 rings (SSSR count). The number of aliphatic imine (C=N–C) groups is 1. The van der Waals surface area contributed by atoms with Crippen LogP contribution in [0.3, 0.4) is 0 Å². The van der Waals surface area contributed by atoms with Crippen LogP contribution in [0.1, 0.15) is 21.7 Å². The highest BCUT2D eigenvalue weighted by Gasteiger charge is 2.08. The van der Waals surface area contributed by atoms with Gasteiger partial charge in [0.15, 0.2) is 11.7 Å². The van der Waals surface area contributed by atoms with E-state index in [1.54, 1.807) is 31.3 Å². The molecule has 0 bridgehead atoms. The fourth-order valence-electron chi connectivity index (χ4n) is 2.69. The molecule has 0 fully saturated rings. The van der Waals surface area contributed by atoms with Crippen LogP contribution in [0.5, 0.6) is 0 Å². The molecule has 0 radical (unpaired) electrons. The Balaban J connectivity index is 1.43. The highest BCUT2D eigenvalue weighted by molar-refractivity contribution is 6.02. The maximum absolute atomic E-state index is 12.9. The molecule has 2 aromatic carbocycles. The average Bonchev–Trinajstić information content (AvgIpc) is 3.28. The molecule has 1 aromatic heterocycles. The van der Waals surface area contributed by atoms with Crippen LogP contribution in [0.15, 0.2) is 76.3 Å². The lowest BCUT2D eigenvalue weighted by Gasteiger charge is -2.12. The van der Waals surface area contributed by atoms with Gasteiger partial charge in [-0.1, -0.05) is 24.3 Å². The second kappa shape index (κ2) is 10.1. The molecule has 0 aliphatic heterocycles. The fraction of sp³-hybridized carbons (Fsp3) is 0.182. The molecule has 3 aromatic rings. The van der Waals surface area contributed by atoms with Crippen molar-refractivity contribution in [3.63, 3.8) is 0 Å². The normalized spacial score (nSPS) is 11.2. The predicted molar refractivity (Wildman–Crippen MR) is 111 cm³/mol. The summed E-state index contributed by atoms with van der Waals surface area (Å²) in [5.74, 6) is 0.436. The molecule has 0 aliphatic rings. The standard InChI is InChI=1S/C22H23FN4O2/c1-24-22(25-13-12-16-4-8-18(23)9-5-16)26-15-17-6-10-19(11-7-17)27-21(28)20-3-2-14-29-20/h2-11,14H,12-13,15H2,1H3,(H,27,28)(H2,24,25,26). The molecule has 29 heavy (non-hydrogen) atoms. The maximum atomic E-state index is 12.9. The molecule has 0 unspecified atom stereocenters. The minimum absolute atomic E-state index is 0.231. The highest BCUT2D eigenvalue weighted by atomic mass is 19.1. The molecule has 150 valence electrons. The largest absolute Gasteiger partial charge is 0.459 e. The van der Waals surface area contributed by atoms with Gasteiger partial charge < -0.3 is 20.4 Å². The predicted octanol–water partition coefficient (Wildman–Crippen LogP) is 3.58. The first kappa shape index (κ1) is 20.1. The Morgan fingerprint density at radius 3 is 2.38 bits per heavy atom. The Morgan fingerprint density at radius 2 is 1.72 bits per heavy atom. The van der Waals surface area contributed by atoms with E-state index in [2.05, 4.69) is 20.9 Å². The van der Waals surface area contributed by atoms with E-state index in [-0.39, 0.29) is 17.5 Å².